The summed E-state index contributed by atoms with van der Waals surface area (Å²) in [4.78, 5) is 13.9. The third-order valence-electron chi connectivity index (χ3n) is 3.21. The quantitative estimate of drug-likeness (QED) is 0.806. The lowest BCUT2D eigenvalue weighted by Gasteiger charge is -2.21. The van der Waals surface area contributed by atoms with Crippen LogP contribution in [0.15, 0.2) is 23.1 Å². The molecular formula is C13H18N4O. The zero-order chi connectivity index (χ0) is 13.0. The summed E-state index contributed by atoms with van der Waals surface area (Å²) in [7, 11) is 0. The van der Waals surface area contributed by atoms with E-state index < -0.39 is 0 Å². The topological polar surface area (TPSA) is 75.1 Å². The summed E-state index contributed by atoms with van der Waals surface area (Å²) in [5.74, 6) is 0. The Balaban J connectivity index is 1.94. The molecule has 0 radical (unpaired) electrons. The molecule has 0 atom stereocenters. The second-order valence-corrected chi connectivity index (χ2v) is 4.67. The van der Waals surface area contributed by atoms with Crippen molar-refractivity contribution in [3.63, 3.8) is 0 Å². The molecule has 2 N–H and O–H groups in total. The zero-order valence-corrected chi connectivity index (χ0v) is 10.4. The molecule has 0 saturated heterocycles. The molecule has 0 unspecified atom stereocenters. The van der Waals surface area contributed by atoms with E-state index in [1.807, 2.05) is 0 Å². The molecule has 18 heavy (non-hydrogen) atoms. The number of nitriles is 1. The van der Waals surface area contributed by atoms with Crippen molar-refractivity contribution in [3.8, 4) is 6.07 Å². The van der Waals surface area contributed by atoms with E-state index in [0.29, 0.717) is 24.7 Å². The Morgan fingerprint density at radius 1 is 1.44 bits per heavy atom. The van der Waals surface area contributed by atoms with Gasteiger partial charge < -0.3 is 10.3 Å². The van der Waals surface area contributed by atoms with E-state index in [0.717, 1.165) is 13.1 Å². The Morgan fingerprint density at radius 2 is 2.22 bits per heavy atom. The molecule has 0 amide bonds. The number of rotatable bonds is 6. The molecule has 96 valence electrons. The second kappa shape index (κ2) is 5.69. The minimum Gasteiger partial charge on any atom is -0.398 e. The van der Waals surface area contributed by atoms with Gasteiger partial charge in [-0.3, -0.25) is 9.69 Å². The normalized spacial score (nSPS) is 14.7. The van der Waals surface area contributed by atoms with Gasteiger partial charge in [0.1, 0.15) is 0 Å². The summed E-state index contributed by atoms with van der Waals surface area (Å²) in [6.45, 7) is 2.22. The Bertz CT molecular complexity index is 498. The summed E-state index contributed by atoms with van der Waals surface area (Å²) < 4.78 is 1.64. The highest BCUT2D eigenvalue weighted by Crippen LogP contribution is 2.26. The lowest BCUT2D eigenvalue weighted by molar-refractivity contribution is 0.257. The third kappa shape index (κ3) is 3.34. The lowest BCUT2D eigenvalue weighted by Crippen LogP contribution is -2.33. The number of nitrogens with zero attached hydrogens (tertiary/aromatic N) is 3. The van der Waals surface area contributed by atoms with Crippen LogP contribution in [0, 0.1) is 11.3 Å². The minimum atomic E-state index is -0.0276. The van der Waals surface area contributed by atoms with Crippen LogP contribution in [0.25, 0.3) is 0 Å². The van der Waals surface area contributed by atoms with E-state index in [4.69, 9.17) is 11.0 Å². The van der Waals surface area contributed by atoms with Gasteiger partial charge >= 0.3 is 0 Å². The largest absolute Gasteiger partial charge is 0.398 e. The van der Waals surface area contributed by atoms with Crippen LogP contribution in [0.4, 0.5) is 5.69 Å². The highest BCUT2D eigenvalue weighted by atomic mass is 16.1. The molecule has 0 bridgehead atoms. The first-order valence-corrected chi connectivity index (χ1v) is 6.27. The molecule has 0 aromatic carbocycles. The van der Waals surface area contributed by atoms with E-state index in [1.165, 1.54) is 18.9 Å². The van der Waals surface area contributed by atoms with Crippen LogP contribution in [0.1, 0.15) is 19.3 Å². The maximum atomic E-state index is 11.6. The van der Waals surface area contributed by atoms with E-state index in [9.17, 15) is 4.79 Å². The highest BCUT2D eigenvalue weighted by Gasteiger charge is 2.28. The van der Waals surface area contributed by atoms with Crippen molar-refractivity contribution in [2.24, 2.45) is 0 Å². The lowest BCUT2D eigenvalue weighted by atomic mass is 10.3. The van der Waals surface area contributed by atoms with Gasteiger partial charge in [-0.1, -0.05) is 0 Å². The van der Waals surface area contributed by atoms with Crippen LogP contribution in [0.5, 0.6) is 0 Å². The van der Waals surface area contributed by atoms with E-state index in [2.05, 4.69) is 11.0 Å². The first-order chi connectivity index (χ1) is 8.70. The molecule has 1 aromatic rings. The molecule has 1 aliphatic rings. The molecule has 0 aliphatic heterocycles. The van der Waals surface area contributed by atoms with Gasteiger partial charge in [0.25, 0.3) is 5.56 Å². The van der Waals surface area contributed by atoms with Gasteiger partial charge in [-0.25, -0.2) is 0 Å². The van der Waals surface area contributed by atoms with E-state index >= 15 is 0 Å². The average Bonchev–Trinajstić information content (AvgIpc) is 3.17. The van der Waals surface area contributed by atoms with Gasteiger partial charge in [0.2, 0.25) is 0 Å². The molecular weight excluding hydrogens is 228 g/mol. The van der Waals surface area contributed by atoms with Crippen LogP contribution in [-0.2, 0) is 6.54 Å². The standard InChI is InChI=1S/C13H18N4O/c14-6-1-7-16(12-3-4-12)8-9-17-10-11(15)2-5-13(17)18/h2,5,10,12H,1,3-4,7-9,15H2. The fraction of sp³-hybridized carbons (Fsp3) is 0.538. The van der Waals surface area contributed by atoms with Crippen LogP contribution in [-0.4, -0.2) is 28.6 Å². The Kier molecular flexibility index (Phi) is 4.00. The third-order valence-corrected chi connectivity index (χ3v) is 3.21. The first kappa shape index (κ1) is 12.7. The maximum absolute atomic E-state index is 11.6. The predicted octanol–water partition coefficient (Wildman–Crippen LogP) is 0.809. The van der Waals surface area contributed by atoms with Crippen molar-refractivity contribution in [1.82, 2.24) is 9.47 Å². The number of nitrogen functional groups attached to an aromatic ring is 1. The van der Waals surface area contributed by atoms with Gasteiger partial charge in [0.05, 0.1) is 6.07 Å². The SMILES string of the molecule is N#CCCN(CCn1cc(N)ccc1=O)C1CC1. The Labute approximate surface area is 106 Å². The number of anilines is 1. The molecule has 1 heterocycles. The number of hydrogen-bond donors (Lipinski definition) is 1. The maximum Gasteiger partial charge on any atom is 0.250 e. The van der Waals surface area contributed by atoms with Gasteiger partial charge in [-0.05, 0) is 18.9 Å². The van der Waals surface area contributed by atoms with Crippen LogP contribution in [0.2, 0.25) is 0 Å². The summed E-state index contributed by atoms with van der Waals surface area (Å²) in [6, 6.07) is 5.89. The summed E-state index contributed by atoms with van der Waals surface area (Å²) in [6.07, 6.45) is 4.63. The molecule has 5 heteroatoms. The molecule has 0 spiro atoms. The van der Waals surface area contributed by atoms with Crippen molar-refractivity contribution in [2.45, 2.75) is 31.8 Å². The van der Waals surface area contributed by atoms with Crippen LogP contribution < -0.4 is 11.3 Å². The van der Waals surface area contributed by atoms with E-state index in [1.54, 1.807) is 16.8 Å². The summed E-state index contributed by atoms with van der Waals surface area (Å²) in [5, 5.41) is 8.63. The summed E-state index contributed by atoms with van der Waals surface area (Å²) >= 11 is 0. The fourth-order valence-electron chi connectivity index (χ4n) is 2.07. The fourth-order valence-corrected chi connectivity index (χ4v) is 2.07. The van der Waals surface area contributed by atoms with Crippen molar-refractivity contribution in [2.75, 3.05) is 18.8 Å². The number of hydrogen-bond acceptors (Lipinski definition) is 4. The van der Waals surface area contributed by atoms with Gasteiger partial charge in [-0.15, -0.1) is 0 Å². The first-order valence-electron chi connectivity index (χ1n) is 6.27. The Hall–Kier alpha value is -1.80. The summed E-state index contributed by atoms with van der Waals surface area (Å²) in [5.41, 5.74) is 6.24. The van der Waals surface area contributed by atoms with Gasteiger partial charge in [-0.2, -0.15) is 5.26 Å². The number of nitrogens with two attached hydrogens (primary N) is 1. The molecule has 5 nitrogen and oxygen atoms in total. The van der Waals surface area contributed by atoms with Crippen LogP contribution in [0.3, 0.4) is 0 Å². The van der Waals surface area contributed by atoms with Crippen molar-refractivity contribution in [1.29, 1.82) is 5.26 Å². The average molecular weight is 246 g/mol. The van der Waals surface area contributed by atoms with Crippen LogP contribution >= 0.6 is 0 Å². The van der Waals surface area contributed by atoms with Crippen molar-refractivity contribution >= 4 is 5.69 Å². The minimum absolute atomic E-state index is 0.0276. The Morgan fingerprint density at radius 3 is 2.89 bits per heavy atom. The smallest absolute Gasteiger partial charge is 0.250 e. The van der Waals surface area contributed by atoms with Crippen molar-refractivity contribution in [3.05, 3.63) is 28.7 Å². The number of aromatic nitrogens is 1. The molecule has 1 aromatic heterocycles. The molecule has 1 fully saturated rings. The zero-order valence-electron chi connectivity index (χ0n) is 10.4. The molecule has 2 rings (SSSR count). The second-order valence-electron chi connectivity index (χ2n) is 4.67. The molecule has 1 aliphatic carbocycles. The number of pyridine rings is 1. The monoisotopic (exact) mass is 246 g/mol. The van der Waals surface area contributed by atoms with E-state index in [-0.39, 0.29) is 5.56 Å². The van der Waals surface area contributed by atoms with Gasteiger partial charge in [0, 0.05) is 50.0 Å². The highest BCUT2D eigenvalue weighted by molar-refractivity contribution is 5.33. The predicted molar refractivity (Wildman–Crippen MR) is 69.9 cm³/mol. The van der Waals surface area contributed by atoms with Crippen molar-refractivity contribution < 1.29 is 0 Å². The molecule has 1 saturated carbocycles. The van der Waals surface area contributed by atoms with Gasteiger partial charge in [0.15, 0.2) is 0 Å².